The van der Waals surface area contributed by atoms with Crippen LogP contribution in [-0.4, -0.2) is 36.2 Å². The van der Waals surface area contributed by atoms with Gasteiger partial charge in [0.05, 0.1) is 0 Å². The summed E-state index contributed by atoms with van der Waals surface area (Å²) in [6, 6.07) is 25.1. The minimum Gasteiger partial charge on any atom is -0.508 e. The molecule has 0 amide bonds. The second-order valence-corrected chi connectivity index (χ2v) is 8.09. The molecule has 0 aromatic heterocycles. The highest BCUT2D eigenvalue weighted by Crippen LogP contribution is 2.33. The van der Waals surface area contributed by atoms with E-state index in [0.717, 1.165) is 49.1 Å². The van der Waals surface area contributed by atoms with Crippen LogP contribution in [0.25, 0.3) is 21.5 Å². The topological polar surface area (TPSA) is 35.5 Å². The summed E-state index contributed by atoms with van der Waals surface area (Å²) in [4.78, 5) is 2.43. The summed E-state index contributed by atoms with van der Waals surface area (Å²) in [5.41, 5.74) is 3.59. The van der Waals surface area contributed by atoms with Crippen molar-refractivity contribution < 1.29 is 5.11 Å². The third kappa shape index (κ3) is 4.73. The highest BCUT2D eigenvalue weighted by atomic mass is 16.3. The van der Waals surface area contributed by atoms with Gasteiger partial charge in [0.25, 0.3) is 0 Å². The minimum absolute atomic E-state index is 0.368. The molecule has 3 heteroatoms. The van der Waals surface area contributed by atoms with Gasteiger partial charge in [0.1, 0.15) is 5.75 Å². The van der Waals surface area contributed by atoms with Crippen LogP contribution in [0.3, 0.4) is 0 Å². The molecule has 0 spiro atoms. The van der Waals surface area contributed by atoms with Crippen LogP contribution in [0.15, 0.2) is 72.8 Å². The van der Waals surface area contributed by atoms with Crippen LogP contribution >= 0.6 is 0 Å². The van der Waals surface area contributed by atoms with Crippen molar-refractivity contribution in [2.24, 2.45) is 0 Å². The summed E-state index contributed by atoms with van der Waals surface area (Å²) in [7, 11) is 0. The molecule has 0 aliphatic rings. The number of rotatable bonds is 9. The molecule has 4 aromatic rings. The number of hydrogen-bond donors (Lipinski definition) is 2. The molecule has 0 fully saturated rings. The zero-order valence-corrected chi connectivity index (χ0v) is 18.6. The predicted molar refractivity (Wildman–Crippen MR) is 132 cm³/mol. The number of aromatic hydroxyl groups is 1. The lowest BCUT2D eigenvalue weighted by molar-refractivity contribution is 0.302. The van der Waals surface area contributed by atoms with E-state index in [9.17, 15) is 5.11 Å². The molecule has 4 rings (SSSR count). The number of phenolic OH excluding ortho intramolecular Hbond substituents is 1. The maximum absolute atomic E-state index is 10.7. The molecule has 0 atom stereocenters. The van der Waals surface area contributed by atoms with Crippen molar-refractivity contribution in [3.8, 4) is 5.75 Å². The molecule has 0 unspecified atom stereocenters. The fourth-order valence-electron chi connectivity index (χ4n) is 4.44. The zero-order chi connectivity index (χ0) is 21.6. The molecule has 0 aliphatic carbocycles. The average Bonchev–Trinajstić information content (AvgIpc) is 2.81. The third-order valence-electron chi connectivity index (χ3n) is 6.32. The van der Waals surface area contributed by atoms with Crippen LogP contribution < -0.4 is 5.32 Å². The van der Waals surface area contributed by atoms with Gasteiger partial charge in [-0.2, -0.15) is 0 Å². The largest absolute Gasteiger partial charge is 0.508 e. The number of hydrogen-bond acceptors (Lipinski definition) is 3. The lowest BCUT2D eigenvalue weighted by Gasteiger charge is -2.19. The van der Waals surface area contributed by atoms with Gasteiger partial charge in [0.2, 0.25) is 0 Å². The first-order valence-corrected chi connectivity index (χ1v) is 11.3. The van der Waals surface area contributed by atoms with Crippen molar-refractivity contribution >= 4 is 21.5 Å². The Bertz CT molecular complexity index is 1160. The maximum Gasteiger partial charge on any atom is 0.119 e. The summed E-state index contributed by atoms with van der Waals surface area (Å²) in [6.07, 6.45) is 0.710. The van der Waals surface area contributed by atoms with E-state index in [-0.39, 0.29) is 0 Å². The second-order valence-electron chi connectivity index (χ2n) is 8.09. The fraction of sp³-hybridized carbons (Fsp3) is 0.286. The quantitative estimate of drug-likeness (QED) is 0.345. The molecule has 160 valence electrons. The summed E-state index contributed by atoms with van der Waals surface area (Å²) >= 11 is 0. The smallest absolute Gasteiger partial charge is 0.119 e. The van der Waals surface area contributed by atoms with Gasteiger partial charge in [-0.05, 0) is 51.8 Å². The molecular formula is C28H32N2O. The molecule has 4 aromatic carbocycles. The van der Waals surface area contributed by atoms with E-state index in [1.54, 1.807) is 0 Å². The number of phenols is 1. The summed E-state index contributed by atoms with van der Waals surface area (Å²) < 4.78 is 0. The van der Waals surface area contributed by atoms with Gasteiger partial charge in [-0.1, -0.05) is 80.6 Å². The number of fused-ring (bicyclic) bond motifs is 2. The first kappa shape index (κ1) is 21.4. The van der Waals surface area contributed by atoms with E-state index in [0.29, 0.717) is 12.2 Å². The van der Waals surface area contributed by atoms with Crippen LogP contribution in [0.4, 0.5) is 0 Å². The van der Waals surface area contributed by atoms with E-state index in [4.69, 9.17) is 0 Å². The van der Waals surface area contributed by atoms with E-state index >= 15 is 0 Å². The Morgan fingerprint density at radius 3 is 2.03 bits per heavy atom. The van der Waals surface area contributed by atoms with Crippen molar-refractivity contribution in [2.45, 2.75) is 26.8 Å². The Labute approximate surface area is 185 Å². The summed E-state index contributed by atoms with van der Waals surface area (Å²) in [5, 5.41) is 19.2. The Hall–Kier alpha value is -2.88. The Morgan fingerprint density at radius 1 is 0.742 bits per heavy atom. The molecular weight excluding hydrogens is 380 g/mol. The number of likely N-dealkylation sites (N-methyl/N-ethyl adjacent to an activating group) is 1. The van der Waals surface area contributed by atoms with Gasteiger partial charge in [-0.3, -0.25) is 0 Å². The lowest BCUT2D eigenvalue weighted by atomic mass is 9.91. The van der Waals surface area contributed by atoms with Crippen LogP contribution in [0, 0.1) is 0 Å². The molecule has 2 N–H and O–H groups in total. The predicted octanol–water partition coefficient (Wildman–Crippen LogP) is 5.72. The molecule has 0 heterocycles. The molecule has 3 nitrogen and oxygen atoms in total. The Balaban J connectivity index is 1.68. The van der Waals surface area contributed by atoms with Gasteiger partial charge in [0.15, 0.2) is 0 Å². The van der Waals surface area contributed by atoms with Crippen LogP contribution in [0.5, 0.6) is 5.75 Å². The molecule has 0 saturated heterocycles. The van der Waals surface area contributed by atoms with Crippen molar-refractivity contribution in [2.75, 3.05) is 26.2 Å². The standard InChI is InChI=1S/C28H32N2O/c1-3-30(4-2)18-17-29-20-23-14-13-21-9-5-7-11-24(21)26(23)19-27-25-12-8-6-10-22(25)15-16-28(27)31/h5-16,29,31H,3-4,17-20H2,1-2H3. The SMILES string of the molecule is CCN(CC)CCNCc1ccc2ccccc2c1Cc1c(O)ccc2ccccc12. The van der Waals surface area contributed by atoms with E-state index in [1.165, 1.54) is 21.9 Å². The number of nitrogens with one attached hydrogen (secondary N) is 1. The van der Waals surface area contributed by atoms with E-state index < -0.39 is 0 Å². The molecule has 31 heavy (non-hydrogen) atoms. The second kappa shape index (κ2) is 9.95. The Kier molecular flexibility index (Phi) is 6.86. The van der Waals surface area contributed by atoms with E-state index in [2.05, 4.69) is 72.6 Å². The van der Waals surface area contributed by atoms with Crippen LogP contribution in [0.2, 0.25) is 0 Å². The molecule has 0 aliphatic heterocycles. The summed E-state index contributed by atoms with van der Waals surface area (Å²) in [5.74, 6) is 0.368. The highest BCUT2D eigenvalue weighted by molar-refractivity contribution is 5.91. The van der Waals surface area contributed by atoms with Gasteiger partial charge >= 0.3 is 0 Å². The van der Waals surface area contributed by atoms with Gasteiger partial charge < -0.3 is 15.3 Å². The fourth-order valence-corrected chi connectivity index (χ4v) is 4.44. The lowest BCUT2D eigenvalue weighted by Crippen LogP contribution is -2.31. The molecule has 0 bridgehead atoms. The first-order chi connectivity index (χ1) is 15.2. The van der Waals surface area contributed by atoms with Gasteiger partial charge in [-0.15, -0.1) is 0 Å². The zero-order valence-electron chi connectivity index (χ0n) is 18.6. The van der Waals surface area contributed by atoms with Crippen molar-refractivity contribution in [1.29, 1.82) is 0 Å². The normalized spacial score (nSPS) is 11.6. The van der Waals surface area contributed by atoms with Crippen molar-refractivity contribution in [1.82, 2.24) is 10.2 Å². The first-order valence-electron chi connectivity index (χ1n) is 11.3. The van der Waals surface area contributed by atoms with Crippen LogP contribution in [-0.2, 0) is 13.0 Å². The number of nitrogens with zero attached hydrogens (tertiary/aromatic N) is 1. The minimum atomic E-state index is 0.368. The number of benzene rings is 4. The maximum atomic E-state index is 10.7. The monoisotopic (exact) mass is 412 g/mol. The van der Waals surface area contributed by atoms with Crippen molar-refractivity contribution in [3.05, 3.63) is 89.5 Å². The molecule has 0 radical (unpaired) electrons. The van der Waals surface area contributed by atoms with E-state index in [1.807, 2.05) is 24.3 Å². The average molecular weight is 413 g/mol. The van der Waals surface area contributed by atoms with Gasteiger partial charge in [-0.25, -0.2) is 0 Å². The summed E-state index contributed by atoms with van der Waals surface area (Å²) in [6.45, 7) is 9.43. The Morgan fingerprint density at radius 2 is 1.35 bits per heavy atom. The molecule has 0 saturated carbocycles. The van der Waals surface area contributed by atoms with Gasteiger partial charge in [0, 0.05) is 31.6 Å². The van der Waals surface area contributed by atoms with Crippen LogP contribution in [0.1, 0.15) is 30.5 Å². The third-order valence-corrected chi connectivity index (χ3v) is 6.32. The highest BCUT2D eigenvalue weighted by Gasteiger charge is 2.13. The van der Waals surface area contributed by atoms with Crippen molar-refractivity contribution in [3.63, 3.8) is 0 Å².